The van der Waals surface area contributed by atoms with Crippen molar-refractivity contribution in [1.29, 1.82) is 0 Å². The normalized spacial score (nSPS) is 11.6. The Morgan fingerprint density at radius 1 is 1.39 bits per heavy atom. The zero-order chi connectivity index (χ0) is 13.8. The van der Waals surface area contributed by atoms with Crippen molar-refractivity contribution in [2.75, 3.05) is 12.4 Å². The molecule has 100 valence electrons. The van der Waals surface area contributed by atoms with Crippen LogP contribution in [0.15, 0.2) is 23.1 Å². The number of rotatable bonds is 5. The van der Waals surface area contributed by atoms with Crippen molar-refractivity contribution in [1.82, 2.24) is 0 Å². The number of carboxylic acids is 1. The molecule has 1 aromatic rings. The molecule has 0 aliphatic rings. The monoisotopic (exact) mass is 284 g/mol. The van der Waals surface area contributed by atoms with Gasteiger partial charge in [0, 0.05) is 10.6 Å². The molecule has 0 spiro atoms. The van der Waals surface area contributed by atoms with E-state index in [0.29, 0.717) is 4.90 Å². The quantitative estimate of drug-likeness (QED) is 0.512. The van der Waals surface area contributed by atoms with E-state index in [2.05, 4.69) is 4.74 Å². The number of hydrogen-bond donors (Lipinski definition) is 1. The van der Waals surface area contributed by atoms with Crippen molar-refractivity contribution in [3.63, 3.8) is 0 Å². The molecule has 3 nitrogen and oxygen atoms in total. The second-order valence-electron chi connectivity index (χ2n) is 3.09. The number of alkyl halides is 3. The highest BCUT2D eigenvalue weighted by Gasteiger charge is 2.28. The zero-order valence-electron chi connectivity index (χ0n) is 8.83. The average Bonchev–Trinajstić information content (AvgIpc) is 2.24. The Labute approximate surface area is 104 Å². The van der Waals surface area contributed by atoms with E-state index in [4.69, 9.17) is 5.11 Å². The molecule has 1 aromatic carbocycles. The number of hydrogen-bond acceptors (Lipinski definition) is 3. The van der Waals surface area contributed by atoms with Gasteiger partial charge in [0.2, 0.25) is 0 Å². The van der Waals surface area contributed by atoms with E-state index < -0.39 is 30.3 Å². The van der Waals surface area contributed by atoms with Gasteiger partial charge in [0.15, 0.2) is 0 Å². The fourth-order valence-electron chi connectivity index (χ4n) is 1.07. The SMILES string of the molecule is O=C(O)c1cc(SCCOC(F)(F)F)ccc1F. The number of carboxylic acid groups (broad SMARTS) is 1. The Morgan fingerprint density at radius 2 is 2.06 bits per heavy atom. The van der Waals surface area contributed by atoms with Crippen LogP contribution in [0, 0.1) is 5.82 Å². The van der Waals surface area contributed by atoms with E-state index in [-0.39, 0.29) is 5.75 Å². The summed E-state index contributed by atoms with van der Waals surface area (Å²) < 4.78 is 51.5. The lowest BCUT2D eigenvalue weighted by Gasteiger charge is -2.07. The van der Waals surface area contributed by atoms with Crippen LogP contribution in [0.2, 0.25) is 0 Å². The van der Waals surface area contributed by atoms with Crippen LogP contribution in [0.25, 0.3) is 0 Å². The second kappa shape index (κ2) is 6.05. The summed E-state index contributed by atoms with van der Waals surface area (Å²) in [7, 11) is 0. The molecule has 0 unspecified atom stereocenters. The Morgan fingerprint density at radius 3 is 2.61 bits per heavy atom. The molecule has 1 rings (SSSR count). The third-order valence-corrected chi connectivity index (χ3v) is 2.74. The van der Waals surface area contributed by atoms with Crippen LogP contribution < -0.4 is 0 Å². The van der Waals surface area contributed by atoms with Gasteiger partial charge in [-0.1, -0.05) is 0 Å². The van der Waals surface area contributed by atoms with Crippen molar-refractivity contribution in [2.45, 2.75) is 11.3 Å². The molecule has 0 aliphatic carbocycles. The van der Waals surface area contributed by atoms with Crippen LogP contribution in [-0.2, 0) is 4.74 Å². The Bertz CT molecular complexity index is 434. The molecule has 0 saturated carbocycles. The summed E-state index contributed by atoms with van der Waals surface area (Å²) in [6, 6.07) is 3.31. The van der Waals surface area contributed by atoms with Gasteiger partial charge in [-0.15, -0.1) is 24.9 Å². The Balaban J connectivity index is 2.53. The lowest BCUT2D eigenvalue weighted by Crippen LogP contribution is -2.15. The van der Waals surface area contributed by atoms with Crippen molar-refractivity contribution < 1.29 is 32.2 Å². The van der Waals surface area contributed by atoms with Crippen molar-refractivity contribution in [2.24, 2.45) is 0 Å². The van der Waals surface area contributed by atoms with E-state index in [1.807, 2.05) is 0 Å². The summed E-state index contributed by atoms with van der Waals surface area (Å²) in [5.74, 6) is -2.34. The third kappa shape index (κ3) is 4.92. The largest absolute Gasteiger partial charge is 0.522 e. The number of benzene rings is 1. The smallest absolute Gasteiger partial charge is 0.478 e. The first-order chi connectivity index (χ1) is 8.29. The lowest BCUT2D eigenvalue weighted by molar-refractivity contribution is -0.322. The lowest BCUT2D eigenvalue weighted by atomic mass is 10.2. The molecule has 0 atom stereocenters. The first kappa shape index (κ1) is 14.8. The fourth-order valence-corrected chi connectivity index (χ4v) is 1.84. The van der Waals surface area contributed by atoms with Gasteiger partial charge in [0.25, 0.3) is 0 Å². The second-order valence-corrected chi connectivity index (χ2v) is 4.26. The van der Waals surface area contributed by atoms with Crippen LogP contribution in [0.5, 0.6) is 0 Å². The fraction of sp³-hybridized carbons (Fsp3) is 0.300. The zero-order valence-corrected chi connectivity index (χ0v) is 9.65. The summed E-state index contributed by atoms with van der Waals surface area (Å²) in [4.78, 5) is 11.0. The standard InChI is InChI=1S/C10H8F4O3S/c11-8-2-1-6(5-7(8)9(15)16)18-4-3-17-10(12,13)14/h1-2,5H,3-4H2,(H,15,16). The third-order valence-electron chi connectivity index (χ3n) is 1.79. The minimum atomic E-state index is -4.68. The Kier molecular flexibility index (Phi) is 4.97. The minimum Gasteiger partial charge on any atom is -0.478 e. The minimum absolute atomic E-state index is 0.0236. The van der Waals surface area contributed by atoms with E-state index in [1.165, 1.54) is 6.07 Å². The van der Waals surface area contributed by atoms with Crippen molar-refractivity contribution >= 4 is 17.7 Å². The van der Waals surface area contributed by atoms with Gasteiger partial charge in [0.05, 0.1) is 12.2 Å². The molecule has 0 bridgehead atoms. The molecule has 0 radical (unpaired) electrons. The van der Waals surface area contributed by atoms with Crippen molar-refractivity contribution in [3.8, 4) is 0 Å². The summed E-state index contributed by atoms with van der Waals surface area (Å²) in [5, 5.41) is 8.65. The molecule has 0 aromatic heterocycles. The van der Waals surface area contributed by atoms with E-state index in [1.54, 1.807) is 0 Å². The van der Waals surface area contributed by atoms with Crippen LogP contribution in [0.4, 0.5) is 17.6 Å². The van der Waals surface area contributed by atoms with Crippen LogP contribution in [0.3, 0.4) is 0 Å². The highest BCUT2D eigenvalue weighted by Crippen LogP contribution is 2.22. The highest BCUT2D eigenvalue weighted by atomic mass is 32.2. The molecule has 0 amide bonds. The maximum absolute atomic E-state index is 13.0. The number of ether oxygens (including phenoxy) is 1. The number of halogens is 4. The van der Waals surface area contributed by atoms with Gasteiger partial charge in [-0.2, -0.15) is 0 Å². The number of thioether (sulfide) groups is 1. The van der Waals surface area contributed by atoms with Gasteiger partial charge < -0.3 is 5.11 Å². The molecular formula is C10H8F4O3S. The van der Waals surface area contributed by atoms with E-state index >= 15 is 0 Å². The summed E-state index contributed by atoms with van der Waals surface area (Å²) in [6.45, 7) is -0.562. The summed E-state index contributed by atoms with van der Waals surface area (Å²) >= 11 is 0.946. The van der Waals surface area contributed by atoms with E-state index in [0.717, 1.165) is 23.9 Å². The molecule has 0 heterocycles. The van der Waals surface area contributed by atoms with Crippen LogP contribution in [-0.4, -0.2) is 29.8 Å². The number of aromatic carboxylic acids is 1. The molecule has 18 heavy (non-hydrogen) atoms. The maximum atomic E-state index is 13.0. The first-order valence-corrected chi connectivity index (χ1v) is 5.64. The van der Waals surface area contributed by atoms with Crippen LogP contribution >= 0.6 is 11.8 Å². The van der Waals surface area contributed by atoms with Gasteiger partial charge in [-0.3, -0.25) is 4.74 Å². The van der Waals surface area contributed by atoms with Crippen LogP contribution in [0.1, 0.15) is 10.4 Å². The molecular weight excluding hydrogens is 276 g/mol. The van der Waals surface area contributed by atoms with Gasteiger partial charge >= 0.3 is 12.3 Å². The Hall–Kier alpha value is -1.28. The summed E-state index contributed by atoms with van der Waals surface area (Å²) in [5.41, 5.74) is -0.517. The first-order valence-electron chi connectivity index (χ1n) is 4.66. The molecule has 0 aliphatic heterocycles. The average molecular weight is 284 g/mol. The molecule has 8 heteroatoms. The van der Waals surface area contributed by atoms with Gasteiger partial charge in [-0.25, -0.2) is 9.18 Å². The number of carbonyl (C=O) groups is 1. The maximum Gasteiger partial charge on any atom is 0.522 e. The van der Waals surface area contributed by atoms with Crippen molar-refractivity contribution in [3.05, 3.63) is 29.6 Å². The van der Waals surface area contributed by atoms with Gasteiger partial charge in [0.1, 0.15) is 5.82 Å². The molecule has 0 fully saturated rings. The molecule has 0 saturated heterocycles. The predicted molar refractivity (Wildman–Crippen MR) is 56.1 cm³/mol. The highest BCUT2D eigenvalue weighted by molar-refractivity contribution is 7.99. The van der Waals surface area contributed by atoms with E-state index in [9.17, 15) is 22.4 Å². The van der Waals surface area contributed by atoms with Gasteiger partial charge in [-0.05, 0) is 18.2 Å². The predicted octanol–water partition coefficient (Wildman–Crippen LogP) is 3.15. The summed E-state index contributed by atoms with van der Waals surface area (Å²) in [6.07, 6.45) is -4.68. The molecule has 1 N–H and O–H groups in total. The topological polar surface area (TPSA) is 46.5 Å².